The Labute approximate surface area is 125 Å². The number of aromatic carboxylic acids is 1. The lowest BCUT2D eigenvalue weighted by molar-refractivity contribution is 0.0693. The summed E-state index contributed by atoms with van der Waals surface area (Å²) in [6, 6.07) is 11.0. The van der Waals surface area contributed by atoms with E-state index in [0.717, 1.165) is 4.90 Å². The second kappa shape index (κ2) is 6.32. The van der Waals surface area contributed by atoms with Crippen LogP contribution in [0.4, 0.5) is 5.69 Å². The van der Waals surface area contributed by atoms with Gasteiger partial charge in [-0.05, 0) is 42.7 Å². The Morgan fingerprint density at radius 1 is 1.10 bits per heavy atom. The summed E-state index contributed by atoms with van der Waals surface area (Å²) in [5.41, 5.74) is 0.600. The van der Waals surface area contributed by atoms with Crippen LogP contribution in [0.15, 0.2) is 47.4 Å². The van der Waals surface area contributed by atoms with Crippen LogP contribution in [0.3, 0.4) is 0 Å². The summed E-state index contributed by atoms with van der Waals surface area (Å²) in [4.78, 5) is 23.9. The summed E-state index contributed by atoms with van der Waals surface area (Å²) in [5.74, 6) is -1.94. The summed E-state index contributed by atoms with van der Waals surface area (Å²) in [7, 11) is 0. The average Bonchev–Trinajstić information content (AvgIpc) is 2.47. The Morgan fingerprint density at radius 2 is 1.76 bits per heavy atom. The van der Waals surface area contributed by atoms with Crippen molar-refractivity contribution in [3.05, 3.63) is 53.6 Å². The van der Waals surface area contributed by atoms with Crippen molar-refractivity contribution in [2.45, 2.75) is 4.90 Å². The summed E-state index contributed by atoms with van der Waals surface area (Å²) in [5, 5.41) is 21.0. The van der Waals surface area contributed by atoms with Gasteiger partial charge in [0.25, 0.3) is 5.91 Å². The molecular weight excluding hydrogens is 290 g/mol. The highest BCUT2D eigenvalue weighted by atomic mass is 32.2. The van der Waals surface area contributed by atoms with Crippen molar-refractivity contribution in [3.63, 3.8) is 0 Å². The number of carbonyl (C=O) groups is 2. The molecule has 0 radical (unpaired) electrons. The van der Waals surface area contributed by atoms with E-state index in [1.165, 1.54) is 18.2 Å². The number of hydrogen-bond acceptors (Lipinski definition) is 4. The van der Waals surface area contributed by atoms with Crippen LogP contribution in [0, 0.1) is 0 Å². The standard InChI is InChI=1S/C15H13NO4S/c1-21-11-5-2-9(3-6-11)14(18)16-10-4-7-12(15(19)20)13(17)8-10/h2-8,17H,1H3,(H,16,18)(H,19,20). The van der Waals surface area contributed by atoms with Crippen LogP contribution in [-0.4, -0.2) is 28.3 Å². The number of amides is 1. The Kier molecular flexibility index (Phi) is 4.49. The molecule has 0 fully saturated rings. The SMILES string of the molecule is CSc1ccc(C(=O)Nc2ccc(C(=O)O)c(O)c2)cc1. The predicted molar refractivity (Wildman–Crippen MR) is 81.2 cm³/mol. The smallest absolute Gasteiger partial charge is 0.339 e. The van der Waals surface area contributed by atoms with Crippen LogP contribution >= 0.6 is 11.8 Å². The summed E-state index contributed by atoms with van der Waals surface area (Å²) in [6.45, 7) is 0. The van der Waals surface area contributed by atoms with Gasteiger partial charge in [0.15, 0.2) is 0 Å². The molecule has 0 spiro atoms. The maximum Gasteiger partial charge on any atom is 0.339 e. The first kappa shape index (κ1) is 14.9. The van der Waals surface area contributed by atoms with Crippen LogP contribution in [-0.2, 0) is 0 Å². The molecule has 108 valence electrons. The predicted octanol–water partition coefficient (Wildman–Crippen LogP) is 3.06. The molecule has 5 nitrogen and oxygen atoms in total. The maximum absolute atomic E-state index is 12.0. The highest BCUT2D eigenvalue weighted by molar-refractivity contribution is 7.98. The number of anilines is 1. The van der Waals surface area contributed by atoms with Gasteiger partial charge in [0.2, 0.25) is 0 Å². The van der Waals surface area contributed by atoms with Gasteiger partial charge in [0, 0.05) is 22.2 Å². The van der Waals surface area contributed by atoms with E-state index in [2.05, 4.69) is 5.32 Å². The molecule has 0 saturated heterocycles. The molecule has 1 amide bonds. The van der Waals surface area contributed by atoms with Crippen molar-refractivity contribution in [3.8, 4) is 5.75 Å². The summed E-state index contributed by atoms with van der Waals surface area (Å²) >= 11 is 1.58. The number of carbonyl (C=O) groups excluding carboxylic acids is 1. The Morgan fingerprint density at radius 3 is 2.29 bits per heavy atom. The number of nitrogens with one attached hydrogen (secondary N) is 1. The zero-order valence-corrected chi connectivity index (χ0v) is 12.0. The van der Waals surface area contributed by atoms with Crippen molar-refractivity contribution in [2.24, 2.45) is 0 Å². The van der Waals surface area contributed by atoms with Crippen molar-refractivity contribution >= 4 is 29.3 Å². The molecule has 0 aliphatic rings. The molecule has 21 heavy (non-hydrogen) atoms. The van der Waals surface area contributed by atoms with Gasteiger partial charge in [-0.15, -0.1) is 11.8 Å². The van der Waals surface area contributed by atoms with Gasteiger partial charge < -0.3 is 15.5 Å². The molecule has 0 bridgehead atoms. The summed E-state index contributed by atoms with van der Waals surface area (Å²) < 4.78 is 0. The number of aromatic hydroxyl groups is 1. The highest BCUT2D eigenvalue weighted by Gasteiger charge is 2.11. The van der Waals surface area contributed by atoms with E-state index < -0.39 is 11.7 Å². The van der Waals surface area contributed by atoms with E-state index in [4.69, 9.17) is 5.11 Å². The van der Waals surface area contributed by atoms with Gasteiger partial charge >= 0.3 is 5.97 Å². The van der Waals surface area contributed by atoms with Crippen LogP contribution in [0.2, 0.25) is 0 Å². The lowest BCUT2D eigenvalue weighted by Crippen LogP contribution is -2.12. The van der Waals surface area contributed by atoms with Crippen molar-refractivity contribution in [1.82, 2.24) is 0 Å². The van der Waals surface area contributed by atoms with Crippen molar-refractivity contribution < 1.29 is 19.8 Å². The molecular formula is C15H13NO4S. The molecule has 0 aliphatic carbocycles. The lowest BCUT2D eigenvalue weighted by atomic mass is 10.1. The van der Waals surface area contributed by atoms with E-state index in [0.29, 0.717) is 11.3 Å². The fourth-order valence-corrected chi connectivity index (χ4v) is 2.14. The minimum absolute atomic E-state index is 0.211. The topological polar surface area (TPSA) is 86.6 Å². The van der Waals surface area contributed by atoms with E-state index in [1.807, 2.05) is 18.4 Å². The van der Waals surface area contributed by atoms with Crippen molar-refractivity contribution in [1.29, 1.82) is 0 Å². The number of phenols is 1. The number of rotatable bonds is 4. The van der Waals surface area contributed by atoms with E-state index in [9.17, 15) is 14.7 Å². The molecule has 2 rings (SSSR count). The molecule has 0 atom stereocenters. The fourth-order valence-electron chi connectivity index (χ4n) is 1.74. The Balaban J connectivity index is 2.15. The van der Waals surface area contributed by atoms with Gasteiger partial charge in [-0.2, -0.15) is 0 Å². The molecule has 0 saturated carbocycles. The fraction of sp³-hybridized carbons (Fsp3) is 0.0667. The number of carboxylic acids is 1. The molecule has 0 unspecified atom stereocenters. The van der Waals surface area contributed by atoms with Gasteiger partial charge in [0.1, 0.15) is 11.3 Å². The summed E-state index contributed by atoms with van der Waals surface area (Å²) in [6.07, 6.45) is 1.95. The second-order valence-electron chi connectivity index (χ2n) is 4.22. The molecule has 0 aromatic heterocycles. The molecule has 2 aromatic rings. The Bertz CT molecular complexity index is 683. The third kappa shape index (κ3) is 3.55. The largest absolute Gasteiger partial charge is 0.507 e. The number of thioether (sulfide) groups is 1. The molecule has 0 heterocycles. The van der Waals surface area contributed by atoms with Gasteiger partial charge in [-0.25, -0.2) is 4.79 Å². The quantitative estimate of drug-likeness (QED) is 0.756. The van der Waals surface area contributed by atoms with Crippen LogP contribution in [0.1, 0.15) is 20.7 Å². The molecule has 2 aromatic carbocycles. The molecule has 6 heteroatoms. The third-order valence-corrected chi connectivity index (χ3v) is 3.58. The van der Waals surface area contributed by atoms with Crippen LogP contribution < -0.4 is 5.32 Å². The van der Waals surface area contributed by atoms with Gasteiger partial charge in [-0.3, -0.25) is 4.79 Å². The normalized spacial score (nSPS) is 10.1. The first-order valence-corrected chi connectivity index (χ1v) is 7.25. The average molecular weight is 303 g/mol. The number of hydrogen-bond donors (Lipinski definition) is 3. The zero-order valence-electron chi connectivity index (χ0n) is 11.2. The first-order valence-electron chi connectivity index (χ1n) is 6.03. The first-order chi connectivity index (χ1) is 10.0. The van der Waals surface area contributed by atoms with Crippen molar-refractivity contribution in [2.75, 3.05) is 11.6 Å². The number of carboxylic acid groups (broad SMARTS) is 1. The molecule has 3 N–H and O–H groups in total. The van der Waals surface area contributed by atoms with Gasteiger partial charge in [0.05, 0.1) is 0 Å². The molecule has 0 aliphatic heterocycles. The highest BCUT2D eigenvalue weighted by Crippen LogP contribution is 2.22. The minimum atomic E-state index is -1.22. The van der Waals surface area contributed by atoms with E-state index >= 15 is 0 Å². The monoisotopic (exact) mass is 303 g/mol. The zero-order chi connectivity index (χ0) is 15.4. The van der Waals surface area contributed by atoms with Gasteiger partial charge in [-0.1, -0.05) is 0 Å². The minimum Gasteiger partial charge on any atom is -0.507 e. The lowest BCUT2D eigenvalue weighted by Gasteiger charge is -2.07. The second-order valence-corrected chi connectivity index (χ2v) is 5.10. The van der Waals surface area contributed by atoms with E-state index in [1.54, 1.807) is 23.9 Å². The third-order valence-electron chi connectivity index (χ3n) is 2.84. The van der Waals surface area contributed by atoms with Crippen LogP contribution in [0.5, 0.6) is 5.75 Å². The Hall–Kier alpha value is -2.47. The maximum atomic E-state index is 12.0. The van der Waals surface area contributed by atoms with Crippen LogP contribution in [0.25, 0.3) is 0 Å². The van der Waals surface area contributed by atoms with E-state index in [-0.39, 0.29) is 11.5 Å². The number of benzene rings is 2.